The minimum atomic E-state index is -0.812. The van der Waals surface area contributed by atoms with Crippen LogP contribution < -0.4 is 15.1 Å². The number of aromatic hydroxyl groups is 1. The first-order valence-corrected chi connectivity index (χ1v) is 10.7. The molecule has 0 saturated carbocycles. The summed E-state index contributed by atoms with van der Waals surface area (Å²) in [4.78, 5) is 11.0. The second-order valence-corrected chi connectivity index (χ2v) is 8.09. The van der Waals surface area contributed by atoms with E-state index in [-0.39, 0.29) is 0 Å². The van der Waals surface area contributed by atoms with E-state index in [1.807, 2.05) is 18.2 Å². The molecule has 31 heavy (non-hydrogen) atoms. The minimum Gasteiger partial charge on any atom is -0.506 e. The third-order valence-corrected chi connectivity index (χ3v) is 6.12. The first-order valence-electron chi connectivity index (χ1n) is 10.7. The van der Waals surface area contributed by atoms with Crippen molar-refractivity contribution in [2.24, 2.45) is 10.9 Å². The molecule has 2 fully saturated rings. The molecule has 0 radical (unpaired) electrons. The van der Waals surface area contributed by atoms with Crippen molar-refractivity contribution in [1.29, 1.82) is 0 Å². The average molecular weight is 430 g/mol. The van der Waals surface area contributed by atoms with Gasteiger partial charge in [0.15, 0.2) is 17.6 Å². The predicted octanol–water partition coefficient (Wildman–Crippen LogP) is 2.89. The minimum absolute atomic E-state index is 0.310. The van der Waals surface area contributed by atoms with E-state index in [0.29, 0.717) is 11.7 Å². The molecule has 0 spiro atoms. The third kappa shape index (κ3) is 4.84. The van der Waals surface area contributed by atoms with Crippen LogP contribution in [0, 0.1) is 17.6 Å². The van der Waals surface area contributed by atoms with Gasteiger partial charge in [0.25, 0.3) is 0 Å². The second-order valence-electron chi connectivity index (χ2n) is 8.09. The van der Waals surface area contributed by atoms with Gasteiger partial charge < -0.3 is 25.1 Å². The number of halogens is 2. The van der Waals surface area contributed by atoms with Gasteiger partial charge in [0.2, 0.25) is 0 Å². The highest BCUT2D eigenvalue weighted by Crippen LogP contribution is 2.27. The van der Waals surface area contributed by atoms with Crippen LogP contribution in [0.25, 0.3) is 0 Å². The summed E-state index contributed by atoms with van der Waals surface area (Å²) >= 11 is 0. The zero-order valence-electron chi connectivity index (χ0n) is 17.8. The zero-order chi connectivity index (χ0) is 21.8. The number of piperazine rings is 1. The van der Waals surface area contributed by atoms with Crippen molar-refractivity contribution in [2.75, 3.05) is 62.7 Å². The number of anilines is 2. The quantitative estimate of drug-likeness (QED) is 0.578. The van der Waals surface area contributed by atoms with E-state index in [2.05, 4.69) is 25.0 Å². The summed E-state index contributed by atoms with van der Waals surface area (Å²) in [7, 11) is 1.79. The van der Waals surface area contributed by atoms with Gasteiger partial charge in [-0.25, -0.2) is 8.78 Å². The topological polar surface area (TPSA) is 54.3 Å². The van der Waals surface area contributed by atoms with Crippen LogP contribution >= 0.6 is 0 Å². The lowest BCUT2D eigenvalue weighted by Crippen LogP contribution is -2.53. The van der Waals surface area contributed by atoms with Crippen LogP contribution in [0.2, 0.25) is 0 Å². The van der Waals surface area contributed by atoms with Crippen molar-refractivity contribution >= 4 is 17.3 Å². The molecule has 2 aromatic rings. The Morgan fingerprint density at radius 1 is 1.03 bits per heavy atom. The fraction of sp³-hybridized carbons (Fsp3) is 0.435. The summed E-state index contributed by atoms with van der Waals surface area (Å²) in [5.74, 6) is -0.0177. The van der Waals surface area contributed by atoms with Gasteiger partial charge in [0.05, 0.1) is 5.69 Å². The maximum Gasteiger partial charge on any atom is 0.193 e. The molecule has 8 heteroatoms. The maximum atomic E-state index is 13.5. The Morgan fingerprint density at radius 2 is 1.81 bits per heavy atom. The lowest BCUT2D eigenvalue weighted by atomic mass is 10.1. The van der Waals surface area contributed by atoms with Gasteiger partial charge in [-0.3, -0.25) is 4.99 Å². The SMILES string of the molecule is CN=C(NCC1CCN(c2ccc(F)c(F)c2)C1)N1CCN(c2ccccc2O)CC1. The molecule has 2 aromatic carbocycles. The molecule has 2 heterocycles. The van der Waals surface area contributed by atoms with Gasteiger partial charge in [-0.15, -0.1) is 0 Å². The predicted molar refractivity (Wildman–Crippen MR) is 120 cm³/mol. The highest BCUT2D eigenvalue weighted by atomic mass is 19.2. The van der Waals surface area contributed by atoms with Crippen molar-refractivity contribution in [3.8, 4) is 5.75 Å². The summed E-state index contributed by atoms with van der Waals surface area (Å²) in [5.41, 5.74) is 1.60. The molecular weight excluding hydrogens is 400 g/mol. The lowest BCUT2D eigenvalue weighted by Gasteiger charge is -2.38. The molecule has 2 aliphatic rings. The summed E-state index contributed by atoms with van der Waals surface area (Å²) in [6, 6.07) is 11.5. The molecule has 0 aliphatic carbocycles. The van der Waals surface area contributed by atoms with E-state index in [4.69, 9.17) is 0 Å². The largest absolute Gasteiger partial charge is 0.506 e. The smallest absolute Gasteiger partial charge is 0.193 e. The number of phenolic OH excluding ortho intramolecular Hbond substituents is 1. The van der Waals surface area contributed by atoms with Crippen molar-refractivity contribution < 1.29 is 13.9 Å². The molecule has 2 N–H and O–H groups in total. The molecule has 1 unspecified atom stereocenters. The summed E-state index contributed by atoms with van der Waals surface area (Å²) in [6.45, 7) is 5.68. The molecule has 4 rings (SSSR count). The summed E-state index contributed by atoms with van der Waals surface area (Å²) in [6.07, 6.45) is 0.990. The number of para-hydroxylation sites is 2. The number of guanidine groups is 1. The van der Waals surface area contributed by atoms with E-state index in [1.54, 1.807) is 19.2 Å². The normalized spacial score (nSPS) is 19.8. The highest BCUT2D eigenvalue weighted by Gasteiger charge is 2.25. The fourth-order valence-corrected chi connectivity index (χ4v) is 4.37. The Bertz CT molecular complexity index is 930. The molecule has 0 bridgehead atoms. The first-order chi connectivity index (χ1) is 15.0. The fourth-order valence-electron chi connectivity index (χ4n) is 4.37. The molecule has 1 atom stereocenters. The summed E-state index contributed by atoms with van der Waals surface area (Å²) in [5, 5.41) is 13.6. The van der Waals surface area contributed by atoms with Crippen molar-refractivity contribution in [2.45, 2.75) is 6.42 Å². The van der Waals surface area contributed by atoms with E-state index in [1.165, 1.54) is 12.1 Å². The second kappa shape index (κ2) is 9.41. The van der Waals surface area contributed by atoms with Crippen LogP contribution in [0.15, 0.2) is 47.5 Å². The Balaban J connectivity index is 1.27. The van der Waals surface area contributed by atoms with Crippen LogP contribution in [0.4, 0.5) is 20.2 Å². The third-order valence-electron chi connectivity index (χ3n) is 6.12. The number of benzene rings is 2. The molecule has 2 aliphatic heterocycles. The van der Waals surface area contributed by atoms with Gasteiger partial charge in [0, 0.05) is 64.6 Å². The Hall–Kier alpha value is -3.03. The van der Waals surface area contributed by atoms with Gasteiger partial charge in [0.1, 0.15) is 5.75 Å². The van der Waals surface area contributed by atoms with Crippen molar-refractivity contribution in [3.63, 3.8) is 0 Å². The lowest BCUT2D eigenvalue weighted by molar-refractivity contribution is 0.366. The highest BCUT2D eigenvalue weighted by molar-refractivity contribution is 5.80. The number of hydrogen-bond donors (Lipinski definition) is 2. The molecule has 0 amide bonds. The van der Waals surface area contributed by atoms with E-state index in [0.717, 1.165) is 69.6 Å². The Labute approximate surface area is 181 Å². The monoisotopic (exact) mass is 429 g/mol. The molecule has 6 nitrogen and oxygen atoms in total. The van der Waals surface area contributed by atoms with Gasteiger partial charge in [-0.1, -0.05) is 12.1 Å². The van der Waals surface area contributed by atoms with Crippen molar-refractivity contribution in [3.05, 3.63) is 54.1 Å². The van der Waals surface area contributed by atoms with E-state index < -0.39 is 11.6 Å². The molecular formula is C23H29F2N5O. The number of nitrogens with one attached hydrogen (secondary N) is 1. The number of aliphatic imine (C=N–C) groups is 1. The van der Waals surface area contributed by atoms with Crippen LogP contribution in [-0.2, 0) is 0 Å². The van der Waals surface area contributed by atoms with E-state index >= 15 is 0 Å². The average Bonchev–Trinajstić information content (AvgIpc) is 3.26. The van der Waals surface area contributed by atoms with Gasteiger partial charge >= 0.3 is 0 Å². The summed E-state index contributed by atoms with van der Waals surface area (Å²) < 4.78 is 26.7. The standard InChI is InChI=1S/C23H29F2N5O/c1-26-23(29-12-10-28(11-13-29)21-4-2-3-5-22(21)31)27-15-17-8-9-30(16-17)18-6-7-19(24)20(25)14-18/h2-7,14,17,31H,8-13,15-16H2,1H3,(H,26,27). The van der Waals surface area contributed by atoms with Crippen LogP contribution in [0.5, 0.6) is 5.75 Å². The Kier molecular flexibility index (Phi) is 6.44. The number of phenols is 1. The Morgan fingerprint density at radius 3 is 2.52 bits per heavy atom. The number of rotatable bonds is 4. The molecule has 166 valence electrons. The van der Waals surface area contributed by atoms with E-state index in [9.17, 15) is 13.9 Å². The molecule has 0 aromatic heterocycles. The number of nitrogens with zero attached hydrogens (tertiary/aromatic N) is 4. The maximum absolute atomic E-state index is 13.5. The van der Waals surface area contributed by atoms with Crippen LogP contribution in [-0.4, -0.2) is 68.8 Å². The van der Waals surface area contributed by atoms with Gasteiger partial charge in [-0.2, -0.15) is 0 Å². The van der Waals surface area contributed by atoms with Crippen LogP contribution in [0.1, 0.15) is 6.42 Å². The van der Waals surface area contributed by atoms with Gasteiger partial charge in [-0.05, 0) is 36.6 Å². The van der Waals surface area contributed by atoms with Crippen LogP contribution in [0.3, 0.4) is 0 Å². The van der Waals surface area contributed by atoms with Crippen molar-refractivity contribution in [1.82, 2.24) is 10.2 Å². The molecule has 2 saturated heterocycles. The zero-order valence-corrected chi connectivity index (χ0v) is 17.8. The first kappa shape index (κ1) is 21.2. The number of hydrogen-bond acceptors (Lipinski definition) is 4.